The van der Waals surface area contributed by atoms with Crippen LogP contribution in [0.25, 0.3) is 21.5 Å². The van der Waals surface area contributed by atoms with Gasteiger partial charge in [0.15, 0.2) is 0 Å². The molecule has 0 aromatic heterocycles. The molecule has 0 heterocycles. The zero-order chi connectivity index (χ0) is 12.5. The molecule has 0 N–H and O–H groups in total. The Morgan fingerprint density at radius 3 is 2.33 bits per heavy atom. The number of benzene rings is 3. The van der Waals surface area contributed by atoms with E-state index in [1.807, 2.05) is 0 Å². The summed E-state index contributed by atoms with van der Waals surface area (Å²) < 4.78 is 0. The molecule has 0 aliphatic rings. The molecule has 18 heavy (non-hydrogen) atoms. The summed E-state index contributed by atoms with van der Waals surface area (Å²) in [4.78, 5) is 0. The molecule has 0 saturated carbocycles. The van der Waals surface area contributed by atoms with Gasteiger partial charge in [-0.05, 0) is 45.5 Å². The minimum absolute atomic E-state index is 1.09. The van der Waals surface area contributed by atoms with Gasteiger partial charge in [0.05, 0.1) is 0 Å². The molecule has 0 amide bonds. The largest absolute Gasteiger partial charge is 0.0613 e. The van der Waals surface area contributed by atoms with Gasteiger partial charge in [-0.15, -0.1) is 0 Å². The normalized spacial score (nSPS) is 11.2. The highest BCUT2D eigenvalue weighted by atomic mass is 14.1. The van der Waals surface area contributed by atoms with Crippen molar-refractivity contribution in [2.75, 3.05) is 0 Å². The maximum atomic E-state index is 2.31. The van der Waals surface area contributed by atoms with Gasteiger partial charge in [0.25, 0.3) is 0 Å². The molecule has 0 spiro atoms. The quantitative estimate of drug-likeness (QED) is 0.540. The third kappa shape index (κ3) is 1.69. The van der Waals surface area contributed by atoms with Crippen molar-refractivity contribution < 1.29 is 0 Å². The predicted molar refractivity (Wildman–Crippen MR) is 80.2 cm³/mol. The summed E-state index contributed by atoms with van der Waals surface area (Å²) in [5.41, 5.74) is 2.85. The zero-order valence-corrected chi connectivity index (χ0v) is 11.0. The Morgan fingerprint density at radius 1 is 0.722 bits per heavy atom. The lowest BCUT2D eigenvalue weighted by molar-refractivity contribution is 1.15. The molecule has 0 unspecified atom stereocenters. The van der Waals surface area contributed by atoms with E-state index in [1.165, 1.54) is 32.7 Å². The molecule has 3 aromatic rings. The lowest BCUT2D eigenvalue weighted by Gasteiger charge is -2.08. The Kier molecular flexibility index (Phi) is 2.79. The van der Waals surface area contributed by atoms with Gasteiger partial charge in [-0.3, -0.25) is 0 Å². The van der Waals surface area contributed by atoms with Crippen LogP contribution in [-0.2, 0) is 12.8 Å². The van der Waals surface area contributed by atoms with Crippen molar-refractivity contribution in [2.24, 2.45) is 0 Å². The van der Waals surface area contributed by atoms with Crippen molar-refractivity contribution in [3.63, 3.8) is 0 Å². The van der Waals surface area contributed by atoms with E-state index in [9.17, 15) is 0 Å². The molecule has 0 radical (unpaired) electrons. The Morgan fingerprint density at radius 2 is 1.56 bits per heavy atom. The van der Waals surface area contributed by atoms with Gasteiger partial charge in [-0.1, -0.05) is 62.4 Å². The molecule has 0 nitrogen and oxygen atoms in total. The third-order valence-corrected chi connectivity index (χ3v) is 3.82. The molecule has 0 fully saturated rings. The fraction of sp³-hybridized carbons (Fsp3) is 0.222. The topological polar surface area (TPSA) is 0 Å². The Hall–Kier alpha value is -1.82. The van der Waals surface area contributed by atoms with Gasteiger partial charge < -0.3 is 0 Å². The average Bonchev–Trinajstić information content (AvgIpc) is 2.45. The first kappa shape index (κ1) is 11.3. The highest BCUT2D eigenvalue weighted by molar-refractivity contribution is 6.08. The van der Waals surface area contributed by atoms with Crippen molar-refractivity contribution in [1.29, 1.82) is 0 Å². The van der Waals surface area contributed by atoms with E-state index in [4.69, 9.17) is 0 Å². The molecule has 90 valence electrons. The molecule has 0 bridgehead atoms. The van der Waals surface area contributed by atoms with Crippen molar-refractivity contribution in [2.45, 2.75) is 26.7 Å². The number of hydrogen-bond acceptors (Lipinski definition) is 0. The summed E-state index contributed by atoms with van der Waals surface area (Å²) in [7, 11) is 0. The minimum atomic E-state index is 1.09. The molecule has 0 aliphatic carbocycles. The van der Waals surface area contributed by atoms with Crippen LogP contribution in [0.4, 0.5) is 0 Å². The number of fused-ring (bicyclic) bond motifs is 3. The first-order valence-electron chi connectivity index (χ1n) is 6.76. The van der Waals surface area contributed by atoms with E-state index in [2.05, 4.69) is 62.4 Å². The van der Waals surface area contributed by atoms with Crippen LogP contribution in [0, 0.1) is 0 Å². The van der Waals surface area contributed by atoms with Crippen LogP contribution >= 0.6 is 0 Å². The lowest BCUT2D eigenvalue weighted by atomic mass is 9.96. The van der Waals surface area contributed by atoms with Crippen LogP contribution in [0.5, 0.6) is 0 Å². The van der Waals surface area contributed by atoms with E-state index >= 15 is 0 Å². The Bertz CT molecular complexity index is 708. The average molecular weight is 234 g/mol. The molecular formula is C18H18. The van der Waals surface area contributed by atoms with E-state index in [-0.39, 0.29) is 0 Å². The number of rotatable bonds is 2. The molecule has 3 rings (SSSR count). The first-order valence-corrected chi connectivity index (χ1v) is 6.76. The van der Waals surface area contributed by atoms with Gasteiger partial charge >= 0.3 is 0 Å². The van der Waals surface area contributed by atoms with Crippen molar-refractivity contribution >= 4 is 21.5 Å². The van der Waals surface area contributed by atoms with Crippen LogP contribution in [-0.4, -0.2) is 0 Å². The summed E-state index contributed by atoms with van der Waals surface area (Å²) in [6.07, 6.45) is 2.19. The maximum Gasteiger partial charge on any atom is -0.0103 e. The summed E-state index contributed by atoms with van der Waals surface area (Å²) in [5, 5.41) is 5.52. The van der Waals surface area contributed by atoms with E-state index in [1.54, 1.807) is 0 Å². The van der Waals surface area contributed by atoms with E-state index in [0.29, 0.717) is 0 Å². The van der Waals surface area contributed by atoms with Crippen LogP contribution in [0.3, 0.4) is 0 Å². The Labute approximate surface area is 108 Å². The van der Waals surface area contributed by atoms with Crippen LogP contribution < -0.4 is 0 Å². The zero-order valence-electron chi connectivity index (χ0n) is 11.0. The van der Waals surface area contributed by atoms with Crippen molar-refractivity contribution in [3.8, 4) is 0 Å². The summed E-state index contributed by atoms with van der Waals surface area (Å²) in [6, 6.07) is 18.0. The van der Waals surface area contributed by atoms with Gasteiger partial charge in [0.2, 0.25) is 0 Å². The van der Waals surface area contributed by atoms with Gasteiger partial charge in [0, 0.05) is 0 Å². The fourth-order valence-corrected chi connectivity index (χ4v) is 2.74. The minimum Gasteiger partial charge on any atom is -0.0613 e. The second kappa shape index (κ2) is 4.45. The lowest BCUT2D eigenvalue weighted by Crippen LogP contribution is -1.86. The predicted octanol–water partition coefficient (Wildman–Crippen LogP) is 5.12. The molecule has 0 aliphatic heterocycles. The molecular weight excluding hydrogens is 216 g/mol. The van der Waals surface area contributed by atoms with Gasteiger partial charge in [-0.2, -0.15) is 0 Å². The standard InChI is InChI=1S/C18H18/c1-3-13-8-10-17-15(12-13)9-11-16-14(4-2)6-5-7-18(16)17/h5-12H,3-4H2,1-2H3. The summed E-state index contributed by atoms with van der Waals surface area (Å²) in [5.74, 6) is 0. The summed E-state index contributed by atoms with van der Waals surface area (Å²) in [6.45, 7) is 4.43. The van der Waals surface area contributed by atoms with Crippen molar-refractivity contribution in [1.82, 2.24) is 0 Å². The SMILES string of the molecule is CCc1ccc2c(ccc3c(CC)cccc32)c1. The third-order valence-electron chi connectivity index (χ3n) is 3.82. The molecule has 0 atom stereocenters. The second-order valence-electron chi connectivity index (χ2n) is 4.84. The maximum absolute atomic E-state index is 2.31. The Balaban J connectivity index is 2.39. The van der Waals surface area contributed by atoms with Crippen LogP contribution in [0.1, 0.15) is 25.0 Å². The molecule has 0 heteroatoms. The monoisotopic (exact) mass is 234 g/mol. The fourth-order valence-electron chi connectivity index (χ4n) is 2.74. The number of hydrogen-bond donors (Lipinski definition) is 0. The molecule has 3 aromatic carbocycles. The van der Waals surface area contributed by atoms with Gasteiger partial charge in [-0.25, -0.2) is 0 Å². The number of aryl methyl sites for hydroxylation is 2. The van der Waals surface area contributed by atoms with Crippen LogP contribution in [0.15, 0.2) is 48.5 Å². The second-order valence-corrected chi connectivity index (χ2v) is 4.84. The molecule has 0 saturated heterocycles. The summed E-state index contributed by atoms with van der Waals surface area (Å²) >= 11 is 0. The van der Waals surface area contributed by atoms with E-state index < -0.39 is 0 Å². The highest BCUT2D eigenvalue weighted by Gasteiger charge is 2.03. The highest BCUT2D eigenvalue weighted by Crippen LogP contribution is 2.28. The van der Waals surface area contributed by atoms with E-state index in [0.717, 1.165) is 12.8 Å². The van der Waals surface area contributed by atoms with Gasteiger partial charge in [0.1, 0.15) is 0 Å². The smallest absolute Gasteiger partial charge is 0.0103 e. The van der Waals surface area contributed by atoms with Crippen molar-refractivity contribution in [3.05, 3.63) is 59.7 Å². The first-order chi connectivity index (χ1) is 8.83. The van der Waals surface area contributed by atoms with Crippen LogP contribution in [0.2, 0.25) is 0 Å².